The summed E-state index contributed by atoms with van der Waals surface area (Å²) < 4.78 is 28.2. The van der Waals surface area contributed by atoms with Gasteiger partial charge in [0.25, 0.3) is 6.08 Å². The molecule has 1 aromatic carbocycles. The molecule has 0 N–H and O–H groups in total. The molecule has 1 aromatic rings. The van der Waals surface area contributed by atoms with E-state index in [0.717, 1.165) is 5.56 Å². The highest BCUT2D eigenvalue weighted by Crippen LogP contribution is 2.05. The molecule has 4 heteroatoms. The molecule has 0 aliphatic carbocycles. The molecular weight excluding hydrogens is 214 g/mol. The molecule has 0 saturated carbocycles. The molecule has 86 valence electrons. The SMILES string of the molecule is O=C(CCC=C(F)F)OCc1ccccc1. The van der Waals surface area contributed by atoms with E-state index in [9.17, 15) is 13.6 Å². The van der Waals surface area contributed by atoms with Crippen molar-refractivity contribution in [2.45, 2.75) is 19.4 Å². The van der Waals surface area contributed by atoms with Crippen molar-refractivity contribution in [2.24, 2.45) is 0 Å². The first kappa shape index (κ1) is 12.4. The fourth-order valence-electron chi connectivity index (χ4n) is 1.11. The van der Waals surface area contributed by atoms with Crippen molar-refractivity contribution in [3.63, 3.8) is 0 Å². The molecule has 0 bridgehead atoms. The van der Waals surface area contributed by atoms with Gasteiger partial charge in [-0.15, -0.1) is 0 Å². The number of rotatable bonds is 5. The van der Waals surface area contributed by atoms with Gasteiger partial charge in [-0.25, -0.2) is 0 Å². The van der Waals surface area contributed by atoms with Gasteiger partial charge < -0.3 is 4.74 Å². The number of halogens is 2. The Morgan fingerprint density at radius 1 is 1.25 bits per heavy atom. The molecule has 0 aliphatic heterocycles. The van der Waals surface area contributed by atoms with Crippen LogP contribution < -0.4 is 0 Å². The van der Waals surface area contributed by atoms with Crippen molar-refractivity contribution in [1.29, 1.82) is 0 Å². The molecule has 0 atom stereocenters. The summed E-state index contributed by atoms with van der Waals surface area (Å²) in [6.45, 7) is 0.182. The standard InChI is InChI=1S/C12H12F2O2/c13-11(14)7-4-8-12(15)16-9-10-5-2-1-3-6-10/h1-3,5-7H,4,8-9H2. The number of hydrogen-bond donors (Lipinski definition) is 0. The van der Waals surface area contributed by atoms with Gasteiger partial charge >= 0.3 is 5.97 Å². The molecular formula is C12H12F2O2. The molecule has 0 saturated heterocycles. The average Bonchev–Trinajstić information content (AvgIpc) is 2.27. The van der Waals surface area contributed by atoms with E-state index in [0.29, 0.717) is 6.08 Å². The zero-order valence-corrected chi connectivity index (χ0v) is 8.66. The Bertz CT molecular complexity index is 357. The van der Waals surface area contributed by atoms with Crippen LogP contribution in [0.25, 0.3) is 0 Å². The molecule has 0 spiro atoms. The van der Waals surface area contributed by atoms with Crippen LogP contribution in [0.2, 0.25) is 0 Å². The third-order valence-corrected chi connectivity index (χ3v) is 1.89. The summed E-state index contributed by atoms with van der Waals surface area (Å²) in [5, 5.41) is 0. The first-order valence-electron chi connectivity index (χ1n) is 4.89. The molecule has 0 aliphatic rings. The summed E-state index contributed by atoms with van der Waals surface area (Å²) in [6.07, 6.45) is -1.07. The molecule has 16 heavy (non-hydrogen) atoms. The van der Waals surface area contributed by atoms with Gasteiger partial charge in [0.05, 0.1) is 0 Å². The minimum Gasteiger partial charge on any atom is -0.461 e. The van der Waals surface area contributed by atoms with Gasteiger partial charge in [0.2, 0.25) is 0 Å². The molecule has 0 aromatic heterocycles. The Labute approximate surface area is 92.5 Å². The van der Waals surface area contributed by atoms with Crippen molar-refractivity contribution >= 4 is 5.97 Å². The number of allylic oxidation sites excluding steroid dienone is 1. The van der Waals surface area contributed by atoms with Crippen LogP contribution in [0.15, 0.2) is 42.5 Å². The zero-order valence-electron chi connectivity index (χ0n) is 8.66. The van der Waals surface area contributed by atoms with E-state index in [2.05, 4.69) is 0 Å². The lowest BCUT2D eigenvalue weighted by Gasteiger charge is -2.03. The Morgan fingerprint density at radius 3 is 2.56 bits per heavy atom. The van der Waals surface area contributed by atoms with E-state index >= 15 is 0 Å². The van der Waals surface area contributed by atoms with Crippen LogP contribution in [0.5, 0.6) is 0 Å². The van der Waals surface area contributed by atoms with E-state index in [1.807, 2.05) is 30.3 Å². The van der Waals surface area contributed by atoms with Crippen LogP contribution in [-0.2, 0) is 16.1 Å². The maximum Gasteiger partial charge on any atom is 0.306 e. The van der Waals surface area contributed by atoms with Crippen molar-refractivity contribution in [1.82, 2.24) is 0 Å². The third kappa shape index (κ3) is 5.24. The van der Waals surface area contributed by atoms with Crippen LogP contribution in [0, 0.1) is 0 Å². The first-order valence-corrected chi connectivity index (χ1v) is 4.89. The Balaban J connectivity index is 2.23. The molecule has 1 rings (SSSR count). The highest BCUT2D eigenvalue weighted by Gasteiger charge is 2.02. The smallest absolute Gasteiger partial charge is 0.306 e. The van der Waals surface area contributed by atoms with Gasteiger partial charge in [-0.3, -0.25) is 4.79 Å². The van der Waals surface area contributed by atoms with Crippen molar-refractivity contribution in [3.05, 3.63) is 48.1 Å². The van der Waals surface area contributed by atoms with E-state index < -0.39 is 12.0 Å². The van der Waals surface area contributed by atoms with Gasteiger partial charge in [0.15, 0.2) is 0 Å². The van der Waals surface area contributed by atoms with Crippen LogP contribution in [-0.4, -0.2) is 5.97 Å². The zero-order chi connectivity index (χ0) is 11.8. The molecule has 0 amide bonds. The van der Waals surface area contributed by atoms with Crippen LogP contribution in [0.4, 0.5) is 8.78 Å². The number of ether oxygens (including phenoxy) is 1. The van der Waals surface area contributed by atoms with Gasteiger partial charge in [-0.2, -0.15) is 8.78 Å². The topological polar surface area (TPSA) is 26.3 Å². The van der Waals surface area contributed by atoms with E-state index in [1.165, 1.54) is 0 Å². The fourth-order valence-corrected chi connectivity index (χ4v) is 1.11. The quantitative estimate of drug-likeness (QED) is 0.720. The fraction of sp³-hybridized carbons (Fsp3) is 0.250. The van der Waals surface area contributed by atoms with E-state index in [4.69, 9.17) is 4.74 Å². The molecule has 0 fully saturated rings. The normalized spacial score (nSPS) is 9.62. The predicted octanol–water partition coefficient (Wildman–Crippen LogP) is 3.29. The third-order valence-electron chi connectivity index (χ3n) is 1.89. The van der Waals surface area contributed by atoms with Gasteiger partial charge in [-0.1, -0.05) is 30.3 Å². The summed E-state index contributed by atoms with van der Waals surface area (Å²) in [6, 6.07) is 9.19. The van der Waals surface area contributed by atoms with Gasteiger partial charge in [0.1, 0.15) is 6.61 Å². The summed E-state index contributed by atoms with van der Waals surface area (Å²) in [5.41, 5.74) is 0.878. The van der Waals surface area contributed by atoms with Crippen molar-refractivity contribution in [3.8, 4) is 0 Å². The first-order chi connectivity index (χ1) is 7.68. The number of carbonyl (C=O) groups excluding carboxylic acids is 1. The predicted molar refractivity (Wildman–Crippen MR) is 55.8 cm³/mol. The summed E-state index contributed by atoms with van der Waals surface area (Å²) in [4.78, 5) is 11.1. The van der Waals surface area contributed by atoms with Gasteiger partial charge in [-0.05, 0) is 18.1 Å². The Kier molecular flexibility index (Phi) is 5.19. The number of benzene rings is 1. The Morgan fingerprint density at radius 2 is 1.94 bits per heavy atom. The van der Waals surface area contributed by atoms with Crippen molar-refractivity contribution in [2.75, 3.05) is 0 Å². The second-order valence-electron chi connectivity index (χ2n) is 3.18. The number of hydrogen-bond acceptors (Lipinski definition) is 2. The second kappa shape index (κ2) is 6.71. The number of esters is 1. The minimum atomic E-state index is -1.77. The van der Waals surface area contributed by atoms with Crippen molar-refractivity contribution < 1.29 is 18.3 Å². The van der Waals surface area contributed by atoms with Crippen LogP contribution in [0.1, 0.15) is 18.4 Å². The van der Waals surface area contributed by atoms with Crippen LogP contribution >= 0.6 is 0 Å². The minimum absolute atomic E-state index is 0.00988. The monoisotopic (exact) mass is 226 g/mol. The van der Waals surface area contributed by atoms with E-state index in [1.54, 1.807) is 0 Å². The lowest BCUT2D eigenvalue weighted by atomic mass is 10.2. The summed E-state index contributed by atoms with van der Waals surface area (Å²) in [7, 11) is 0. The number of carbonyl (C=O) groups is 1. The second-order valence-corrected chi connectivity index (χ2v) is 3.18. The summed E-state index contributed by atoms with van der Waals surface area (Å²) >= 11 is 0. The lowest BCUT2D eigenvalue weighted by molar-refractivity contribution is -0.144. The van der Waals surface area contributed by atoms with Crippen LogP contribution in [0.3, 0.4) is 0 Å². The highest BCUT2D eigenvalue weighted by atomic mass is 19.3. The molecule has 0 unspecified atom stereocenters. The van der Waals surface area contributed by atoms with Gasteiger partial charge in [0, 0.05) is 6.42 Å². The maximum atomic E-state index is 11.6. The van der Waals surface area contributed by atoms with E-state index in [-0.39, 0.29) is 19.4 Å². The Hall–Kier alpha value is -1.71. The molecule has 0 heterocycles. The lowest BCUT2D eigenvalue weighted by Crippen LogP contribution is -2.03. The average molecular weight is 226 g/mol. The molecule has 0 radical (unpaired) electrons. The summed E-state index contributed by atoms with van der Waals surface area (Å²) in [5.74, 6) is -0.471. The largest absolute Gasteiger partial charge is 0.461 e. The molecule has 2 nitrogen and oxygen atoms in total. The highest BCUT2D eigenvalue weighted by molar-refractivity contribution is 5.69. The maximum absolute atomic E-state index is 11.6.